The van der Waals surface area contributed by atoms with Gasteiger partial charge in [0.15, 0.2) is 0 Å². The second-order valence-corrected chi connectivity index (χ2v) is 5.91. The van der Waals surface area contributed by atoms with E-state index in [4.69, 9.17) is 5.73 Å². The molecule has 0 radical (unpaired) electrons. The average Bonchev–Trinajstić information content (AvgIpc) is 2.43. The lowest BCUT2D eigenvalue weighted by Crippen LogP contribution is -2.27. The van der Waals surface area contributed by atoms with Crippen molar-refractivity contribution in [3.05, 3.63) is 29.6 Å². The fourth-order valence-electron chi connectivity index (χ4n) is 2.82. The molecule has 3 nitrogen and oxygen atoms in total. The molecule has 0 aliphatic heterocycles. The number of rotatable bonds is 4. The molecule has 4 heteroatoms. The number of nitrogen functional groups attached to an aromatic ring is 1. The highest BCUT2D eigenvalue weighted by atomic mass is 19.1. The summed E-state index contributed by atoms with van der Waals surface area (Å²) in [4.78, 5) is 11.9. The quantitative estimate of drug-likeness (QED) is 0.830. The lowest BCUT2D eigenvalue weighted by Gasteiger charge is -2.26. The lowest BCUT2D eigenvalue weighted by atomic mass is 9.81. The Morgan fingerprint density at radius 2 is 2.05 bits per heavy atom. The third-order valence-electron chi connectivity index (χ3n) is 4.21. The standard InChI is InChI=1S/C16H23FN2O/c1-11-2-4-12(5-3-11)8-9-19-16(20)14-10-13(18)6-7-15(14)17/h6-7,10-12H,2-5,8-9,18H2,1H3,(H,19,20). The van der Waals surface area contributed by atoms with E-state index in [2.05, 4.69) is 12.2 Å². The number of anilines is 1. The smallest absolute Gasteiger partial charge is 0.254 e. The van der Waals surface area contributed by atoms with Crippen molar-refractivity contribution >= 4 is 11.6 Å². The molecule has 3 N–H and O–H groups in total. The van der Waals surface area contributed by atoms with Gasteiger partial charge < -0.3 is 11.1 Å². The number of hydrogen-bond acceptors (Lipinski definition) is 2. The molecule has 0 bridgehead atoms. The Bertz CT molecular complexity index is 468. The van der Waals surface area contributed by atoms with Crippen LogP contribution in [0.5, 0.6) is 0 Å². The van der Waals surface area contributed by atoms with E-state index in [1.54, 1.807) is 0 Å². The Balaban J connectivity index is 1.79. The minimum atomic E-state index is -0.525. The Labute approximate surface area is 119 Å². The van der Waals surface area contributed by atoms with Gasteiger partial charge >= 0.3 is 0 Å². The van der Waals surface area contributed by atoms with Crippen molar-refractivity contribution in [1.29, 1.82) is 0 Å². The van der Waals surface area contributed by atoms with Crippen LogP contribution in [0.3, 0.4) is 0 Å². The number of amides is 1. The molecule has 1 aliphatic rings. The number of hydrogen-bond donors (Lipinski definition) is 2. The number of benzene rings is 1. The van der Waals surface area contributed by atoms with E-state index in [1.165, 1.54) is 43.9 Å². The van der Waals surface area contributed by atoms with Crippen molar-refractivity contribution < 1.29 is 9.18 Å². The SMILES string of the molecule is CC1CCC(CCNC(=O)c2cc(N)ccc2F)CC1. The van der Waals surface area contributed by atoms with Gasteiger partial charge in [-0.25, -0.2) is 4.39 Å². The molecule has 110 valence electrons. The van der Waals surface area contributed by atoms with Crippen LogP contribution in [0.4, 0.5) is 10.1 Å². The van der Waals surface area contributed by atoms with Crippen LogP contribution in [0.2, 0.25) is 0 Å². The van der Waals surface area contributed by atoms with Crippen LogP contribution in [0.1, 0.15) is 49.4 Å². The molecule has 1 fully saturated rings. The fourth-order valence-corrected chi connectivity index (χ4v) is 2.82. The van der Waals surface area contributed by atoms with Gasteiger partial charge in [-0.3, -0.25) is 4.79 Å². The molecule has 0 atom stereocenters. The number of nitrogens with one attached hydrogen (secondary N) is 1. The van der Waals surface area contributed by atoms with Gasteiger partial charge in [0.25, 0.3) is 5.91 Å². The monoisotopic (exact) mass is 278 g/mol. The van der Waals surface area contributed by atoms with Gasteiger partial charge in [0, 0.05) is 12.2 Å². The summed E-state index contributed by atoms with van der Waals surface area (Å²) in [5.74, 6) is 0.626. The molecule has 0 spiro atoms. The van der Waals surface area contributed by atoms with E-state index in [0.717, 1.165) is 12.3 Å². The summed E-state index contributed by atoms with van der Waals surface area (Å²) in [6.07, 6.45) is 6.01. The maximum Gasteiger partial charge on any atom is 0.254 e. The molecule has 0 unspecified atom stereocenters. The van der Waals surface area contributed by atoms with Gasteiger partial charge in [0.1, 0.15) is 5.82 Å². The molecule has 1 aromatic rings. The van der Waals surface area contributed by atoms with Crippen molar-refractivity contribution in [2.75, 3.05) is 12.3 Å². The van der Waals surface area contributed by atoms with Crippen LogP contribution in [-0.4, -0.2) is 12.5 Å². The first-order chi connectivity index (χ1) is 9.56. The topological polar surface area (TPSA) is 55.1 Å². The van der Waals surface area contributed by atoms with Gasteiger partial charge in [-0.2, -0.15) is 0 Å². The molecule has 1 amide bonds. The molecule has 2 rings (SSSR count). The summed E-state index contributed by atoms with van der Waals surface area (Å²) in [5.41, 5.74) is 6.01. The van der Waals surface area contributed by atoms with E-state index >= 15 is 0 Å². The second-order valence-electron chi connectivity index (χ2n) is 5.91. The summed E-state index contributed by atoms with van der Waals surface area (Å²) >= 11 is 0. The second kappa shape index (κ2) is 6.73. The predicted molar refractivity (Wildman–Crippen MR) is 78.9 cm³/mol. The van der Waals surface area contributed by atoms with Crippen molar-refractivity contribution in [2.45, 2.75) is 39.0 Å². The zero-order chi connectivity index (χ0) is 14.5. The molecular formula is C16H23FN2O. The van der Waals surface area contributed by atoms with Crippen LogP contribution in [-0.2, 0) is 0 Å². The van der Waals surface area contributed by atoms with Crippen LogP contribution in [0, 0.1) is 17.7 Å². The van der Waals surface area contributed by atoms with Crippen molar-refractivity contribution in [1.82, 2.24) is 5.32 Å². The lowest BCUT2D eigenvalue weighted by molar-refractivity contribution is 0.0945. The van der Waals surface area contributed by atoms with Gasteiger partial charge in [-0.1, -0.05) is 32.6 Å². The maximum absolute atomic E-state index is 13.5. The number of nitrogens with two attached hydrogens (primary N) is 1. The molecular weight excluding hydrogens is 255 g/mol. The zero-order valence-corrected chi connectivity index (χ0v) is 12.0. The zero-order valence-electron chi connectivity index (χ0n) is 12.0. The van der Waals surface area contributed by atoms with Crippen molar-refractivity contribution in [3.63, 3.8) is 0 Å². The first-order valence-electron chi connectivity index (χ1n) is 7.39. The first kappa shape index (κ1) is 14.8. The Kier molecular flexibility index (Phi) is 4.99. The molecule has 0 saturated heterocycles. The molecule has 20 heavy (non-hydrogen) atoms. The summed E-state index contributed by atoms with van der Waals surface area (Å²) in [7, 11) is 0. The Morgan fingerprint density at radius 1 is 1.35 bits per heavy atom. The van der Waals surface area contributed by atoms with Crippen LogP contribution >= 0.6 is 0 Å². The molecule has 1 aromatic carbocycles. The van der Waals surface area contributed by atoms with Crippen LogP contribution in [0.15, 0.2) is 18.2 Å². The van der Waals surface area contributed by atoms with E-state index in [0.29, 0.717) is 18.2 Å². The number of halogens is 1. The summed E-state index contributed by atoms with van der Waals surface area (Å²) in [6.45, 7) is 2.90. The minimum Gasteiger partial charge on any atom is -0.399 e. The molecule has 0 aromatic heterocycles. The first-order valence-corrected chi connectivity index (χ1v) is 7.39. The Morgan fingerprint density at radius 3 is 2.75 bits per heavy atom. The summed E-state index contributed by atoms with van der Waals surface area (Å²) in [5, 5.41) is 2.79. The highest BCUT2D eigenvalue weighted by Gasteiger charge is 2.18. The molecule has 1 saturated carbocycles. The van der Waals surface area contributed by atoms with E-state index < -0.39 is 5.82 Å². The Hall–Kier alpha value is -1.58. The highest BCUT2D eigenvalue weighted by molar-refractivity contribution is 5.95. The highest BCUT2D eigenvalue weighted by Crippen LogP contribution is 2.29. The predicted octanol–water partition coefficient (Wildman–Crippen LogP) is 3.35. The summed E-state index contributed by atoms with van der Waals surface area (Å²) in [6, 6.07) is 4.06. The normalized spacial score (nSPS) is 22.5. The van der Waals surface area contributed by atoms with Crippen molar-refractivity contribution in [3.8, 4) is 0 Å². The molecule has 0 heterocycles. The third-order valence-corrected chi connectivity index (χ3v) is 4.21. The number of carbonyl (C=O) groups is 1. The fraction of sp³-hybridized carbons (Fsp3) is 0.562. The van der Waals surface area contributed by atoms with Crippen LogP contribution < -0.4 is 11.1 Å². The average molecular weight is 278 g/mol. The van der Waals surface area contributed by atoms with Crippen LogP contribution in [0.25, 0.3) is 0 Å². The van der Waals surface area contributed by atoms with E-state index in [-0.39, 0.29) is 11.5 Å². The maximum atomic E-state index is 13.5. The minimum absolute atomic E-state index is 0.0299. The van der Waals surface area contributed by atoms with Gasteiger partial charge in [-0.05, 0) is 36.5 Å². The van der Waals surface area contributed by atoms with Gasteiger partial charge in [0.05, 0.1) is 5.56 Å². The summed E-state index contributed by atoms with van der Waals surface area (Å²) < 4.78 is 13.5. The number of carbonyl (C=O) groups excluding carboxylic acids is 1. The largest absolute Gasteiger partial charge is 0.399 e. The third kappa shape index (κ3) is 3.95. The van der Waals surface area contributed by atoms with E-state index in [1.807, 2.05) is 0 Å². The molecule has 1 aliphatic carbocycles. The van der Waals surface area contributed by atoms with Gasteiger partial charge in [-0.15, -0.1) is 0 Å². The van der Waals surface area contributed by atoms with Crippen molar-refractivity contribution in [2.24, 2.45) is 11.8 Å². The van der Waals surface area contributed by atoms with Gasteiger partial charge in [0.2, 0.25) is 0 Å². The van der Waals surface area contributed by atoms with E-state index in [9.17, 15) is 9.18 Å².